The third-order valence-corrected chi connectivity index (χ3v) is 6.17. The van der Waals surface area contributed by atoms with Gasteiger partial charge in [-0.25, -0.2) is 0 Å². The van der Waals surface area contributed by atoms with Crippen molar-refractivity contribution in [3.63, 3.8) is 0 Å². The number of rotatable bonds is 6. The molecular formula is C29H31NO2. The van der Waals surface area contributed by atoms with Crippen LogP contribution in [0, 0.1) is 0 Å². The SMILES string of the molecule is CC(C)N(C(=O)c1c(CC(O)c2cccc3ccccc23)ccc2ccccc12)C(C)C. The fourth-order valence-electron chi connectivity index (χ4n) is 4.79. The van der Waals surface area contributed by atoms with Gasteiger partial charge < -0.3 is 10.0 Å². The van der Waals surface area contributed by atoms with E-state index in [1.54, 1.807) is 0 Å². The molecule has 164 valence electrons. The van der Waals surface area contributed by atoms with Crippen molar-refractivity contribution in [1.82, 2.24) is 4.90 Å². The third-order valence-electron chi connectivity index (χ3n) is 6.17. The smallest absolute Gasteiger partial charge is 0.255 e. The molecule has 0 heterocycles. The van der Waals surface area contributed by atoms with Crippen LogP contribution in [-0.2, 0) is 6.42 Å². The topological polar surface area (TPSA) is 40.5 Å². The summed E-state index contributed by atoms with van der Waals surface area (Å²) in [6.45, 7) is 8.20. The number of hydrogen-bond donors (Lipinski definition) is 1. The Balaban J connectivity index is 1.82. The first kappa shape index (κ1) is 22.0. The lowest BCUT2D eigenvalue weighted by molar-refractivity contribution is 0.0644. The maximum atomic E-state index is 13.8. The van der Waals surface area contributed by atoms with Crippen molar-refractivity contribution < 1.29 is 9.90 Å². The molecule has 0 fully saturated rings. The first-order valence-corrected chi connectivity index (χ1v) is 11.4. The molecule has 0 radical (unpaired) electrons. The Kier molecular flexibility index (Phi) is 6.29. The van der Waals surface area contributed by atoms with Crippen LogP contribution in [0.4, 0.5) is 0 Å². The molecule has 1 N–H and O–H groups in total. The van der Waals surface area contributed by atoms with Crippen LogP contribution in [0.15, 0.2) is 78.9 Å². The van der Waals surface area contributed by atoms with Crippen molar-refractivity contribution in [3.05, 3.63) is 95.6 Å². The molecule has 0 aromatic heterocycles. The van der Waals surface area contributed by atoms with Crippen molar-refractivity contribution >= 4 is 27.5 Å². The van der Waals surface area contributed by atoms with Crippen molar-refractivity contribution in [2.45, 2.75) is 52.3 Å². The Bertz CT molecular complexity index is 1250. The highest BCUT2D eigenvalue weighted by molar-refractivity contribution is 6.08. The molecule has 3 nitrogen and oxygen atoms in total. The Hall–Kier alpha value is -3.17. The number of fused-ring (bicyclic) bond motifs is 2. The largest absolute Gasteiger partial charge is 0.388 e. The summed E-state index contributed by atoms with van der Waals surface area (Å²) in [5.41, 5.74) is 2.46. The van der Waals surface area contributed by atoms with E-state index in [0.29, 0.717) is 12.0 Å². The lowest BCUT2D eigenvalue weighted by Crippen LogP contribution is -2.42. The van der Waals surface area contributed by atoms with E-state index in [0.717, 1.165) is 32.7 Å². The fourth-order valence-corrected chi connectivity index (χ4v) is 4.79. The molecule has 4 aromatic carbocycles. The molecule has 4 rings (SSSR count). The van der Waals surface area contributed by atoms with Crippen LogP contribution in [0.3, 0.4) is 0 Å². The number of carbonyl (C=O) groups is 1. The standard InChI is InChI=1S/C29H31NO2/c1-19(2)30(20(3)4)29(32)28-23(17-16-22-11-6-8-14-25(22)28)18-27(31)26-15-9-12-21-10-5-7-13-24(21)26/h5-17,19-20,27,31H,18H2,1-4H3. The first-order chi connectivity index (χ1) is 15.4. The summed E-state index contributed by atoms with van der Waals surface area (Å²) in [5, 5.41) is 15.4. The molecule has 0 spiro atoms. The zero-order valence-corrected chi connectivity index (χ0v) is 19.2. The average Bonchev–Trinajstić information content (AvgIpc) is 2.77. The number of nitrogens with zero attached hydrogens (tertiary/aromatic N) is 1. The van der Waals surface area contributed by atoms with Gasteiger partial charge in [0, 0.05) is 18.5 Å². The lowest BCUT2D eigenvalue weighted by Gasteiger charge is -2.32. The minimum atomic E-state index is -0.708. The number of amides is 1. The van der Waals surface area contributed by atoms with Gasteiger partial charge in [-0.15, -0.1) is 0 Å². The molecule has 0 saturated heterocycles. The van der Waals surface area contributed by atoms with Gasteiger partial charge in [-0.05, 0) is 60.4 Å². The van der Waals surface area contributed by atoms with Crippen molar-refractivity contribution in [2.24, 2.45) is 0 Å². The Morgan fingerprint density at radius 2 is 1.31 bits per heavy atom. The molecule has 0 saturated carbocycles. The zero-order chi connectivity index (χ0) is 22.8. The second-order valence-electron chi connectivity index (χ2n) is 9.01. The first-order valence-electron chi connectivity index (χ1n) is 11.4. The summed E-state index contributed by atoms with van der Waals surface area (Å²) in [6.07, 6.45) is -0.329. The number of carbonyl (C=O) groups excluding carboxylic acids is 1. The summed E-state index contributed by atoms with van der Waals surface area (Å²) >= 11 is 0. The van der Waals surface area contributed by atoms with Gasteiger partial charge in [0.15, 0.2) is 0 Å². The Morgan fingerprint density at radius 1 is 0.750 bits per heavy atom. The molecule has 0 aliphatic carbocycles. The lowest BCUT2D eigenvalue weighted by atomic mass is 9.90. The van der Waals surface area contributed by atoms with Gasteiger partial charge in [-0.3, -0.25) is 4.79 Å². The molecule has 32 heavy (non-hydrogen) atoms. The predicted octanol–water partition coefficient (Wildman–Crippen LogP) is 6.53. The Labute approximate surface area is 190 Å². The monoisotopic (exact) mass is 425 g/mol. The van der Waals surface area contributed by atoms with Gasteiger partial charge in [0.25, 0.3) is 5.91 Å². The zero-order valence-electron chi connectivity index (χ0n) is 19.2. The second-order valence-corrected chi connectivity index (χ2v) is 9.01. The van der Waals surface area contributed by atoms with Gasteiger partial charge in [-0.1, -0.05) is 78.9 Å². The van der Waals surface area contributed by atoms with E-state index >= 15 is 0 Å². The molecule has 0 aliphatic rings. The minimum Gasteiger partial charge on any atom is -0.388 e. The van der Waals surface area contributed by atoms with E-state index in [1.807, 2.05) is 99.3 Å². The maximum absolute atomic E-state index is 13.8. The molecule has 1 atom stereocenters. The van der Waals surface area contributed by atoms with E-state index in [2.05, 4.69) is 12.1 Å². The van der Waals surface area contributed by atoms with Crippen LogP contribution in [-0.4, -0.2) is 28.0 Å². The van der Waals surface area contributed by atoms with Gasteiger partial charge in [0.05, 0.1) is 11.7 Å². The number of aliphatic hydroxyl groups is 1. The molecule has 0 bridgehead atoms. The average molecular weight is 426 g/mol. The highest BCUT2D eigenvalue weighted by atomic mass is 16.3. The van der Waals surface area contributed by atoms with Crippen LogP contribution in [0.2, 0.25) is 0 Å². The van der Waals surface area contributed by atoms with Crippen LogP contribution in [0.25, 0.3) is 21.5 Å². The second kappa shape index (κ2) is 9.13. The van der Waals surface area contributed by atoms with Gasteiger partial charge in [0.1, 0.15) is 0 Å². The van der Waals surface area contributed by atoms with Crippen LogP contribution < -0.4 is 0 Å². The quantitative estimate of drug-likeness (QED) is 0.382. The predicted molar refractivity (Wildman–Crippen MR) is 133 cm³/mol. The molecule has 1 amide bonds. The summed E-state index contributed by atoms with van der Waals surface area (Å²) in [6, 6.07) is 26.3. The van der Waals surface area contributed by atoms with Crippen LogP contribution in [0.1, 0.15) is 55.3 Å². The van der Waals surface area contributed by atoms with E-state index < -0.39 is 6.10 Å². The van der Waals surface area contributed by atoms with Gasteiger partial charge in [0.2, 0.25) is 0 Å². The van der Waals surface area contributed by atoms with Gasteiger partial charge in [-0.2, -0.15) is 0 Å². The van der Waals surface area contributed by atoms with Crippen LogP contribution in [0.5, 0.6) is 0 Å². The van der Waals surface area contributed by atoms with Gasteiger partial charge >= 0.3 is 0 Å². The van der Waals surface area contributed by atoms with Crippen molar-refractivity contribution in [1.29, 1.82) is 0 Å². The summed E-state index contributed by atoms with van der Waals surface area (Å²) in [5.74, 6) is 0.0203. The number of aliphatic hydroxyl groups excluding tert-OH is 1. The van der Waals surface area contributed by atoms with E-state index in [9.17, 15) is 9.90 Å². The fraction of sp³-hybridized carbons (Fsp3) is 0.276. The van der Waals surface area contributed by atoms with Crippen molar-refractivity contribution in [3.8, 4) is 0 Å². The molecular weight excluding hydrogens is 394 g/mol. The van der Waals surface area contributed by atoms with Crippen molar-refractivity contribution in [2.75, 3.05) is 0 Å². The molecule has 1 unspecified atom stereocenters. The highest BCUT2D eigenvalue weighted by Crippen LogP contribution is 2.31. The minimum absolute atomic E-state index is 0.0203. The molecule has 3 heteroatoms. The van der Waals surface area contributed by atoms with E-state index in [1.165, 1.54) is 0 Å². The van der Waals surface area contributed by atoms with E-state index in [4.69, 9.17) is 0 Å². The number of benzene rings is 4. The van der Waals surface area contributed by atoms with Crippen LogP contribution >= 0.6 is 0 Å². The highest BCUT2D eigenvalue weighted by Gasteiger charge is 2.26. The Morgan fingerprint density at radius 3 is 1.97 bits per heavy atom. The number of hydrogen-bond acceptors (Lipinski definition) is 2. The molecule has 0 aliphatic heterocycles. The normalized spacial score (nSPS) is 12.6. The summed E-state index contributed by atoms with van der Waals surface area (Å²) < 4.78 is 0. The van der Waals surface area contributed by atoms with E-state index in [-0.39, 0.29) is 18.0 Å². The summed E-state index contributed by atoms with van der Waals surface area (Å²) in [7, 11) is 0. The maximum Gasteiger partial charge on any atom is 0.255 e. The molecule has 4 aromatic rings. The third kappa shape index (κ3) is 4.13. The summed E-state index contributed by atoms with van der Waals surface area (Å²) in [4.78, 5) is 15.8.